The molecule has 0 saturated carbocycles. The Hall–Kier alpha value is -3.95. The Morgan fingerprint density at radius 3 is 2.25 bits per heavy atom. The molecule has 0 atom stereocenters. The van der Waals surface area contributed by atoms with E-state index in [4.69, 9.17) is 4.74 Å². The van der Waals surface area contributed by atoms with Gasteiger partial charge in [0.2, 0.25) is 0 Å². The van der Waals surface area contributed by atoms with E-state index in [2.05, 4.69) is 10.6 Å². The molecule has 10 heteroatoms. The second-order valence-corrected chi connectivity index (χ2v) is 6.46. The standard InChI is InChI=1S/C22H15F5N2O3/c23-16-10-9-13(11-15(16)22(25,26)27)28-21(31)14-5-1-4-8-19(14)32-12-20(30)29-18-7-3-2-6-17(18)24/h1-11H,12H2,(H,28,31)(H,29,30). The average Bonchev–Trinajstić information content (AvgIpc) is 2.74. The van der Waals surface area contributed by atoms with E-state index in [-0.39, 0.29) is 22.7 Å². The summed E-state index contributed by atoms with van der Waals surface area (Å²) < 4.78 is 71.0. The zero-order valence-corrected chi connectivity index (χ0v) is 16.2. The molecule has 0 spiro atoms. The predicted molar refractivity (Wildman–Crippen MR) is 106 cm³/mol. The first kappa shape index (κ1) is 22.7. The van der Waals surface area contributed by atoms with Gasteiger partial charge in [0, 0.05) is 5.69 Å². The molecule has 0 heterocycles. The molecule has 0 aliphatic carbocycles. The molecule has 0 aliphatic rings. The third kappa shape index (κ3) is 5.60. The van der Waals surface area contributed by atoms with Crippen molar-refractivity contribution >= 4 is 23.2 Å². The van der Waals surface area contributed by atoms with Gasteiger partial charge in [0.1, 0.15) is 17.4 Å². The molecular formula is C22H15F5N2O3. The summed E-state index contributed by atoms with van der Waals surface area (Å²) in [5.74, 6) is -3.68. The van der Waals surface area contributed by atoms with Gasteiger partial charge in [-0.05, 0) is 42.5 Å². The molecule has 0 bridgehead atoms. The van der Waals surface area contributed by atoms with Crippen LogP contribution in [0.1, 0.15) is 15.9 Å². The van der Waals surface area contributed by atoms with Crippen LogP contribution < -0.4 is 15.4 Å². The number of para-hydroxylation sites is 2. The first-order valence-corrected chi connectivity index (χ1v) is 9.09. The molecule has 5 nitrogen and oxygen atoms in total. The Balaban J connectivity index is 1.70. The summed E-state index contributed by atoms with van der Waals surface area (Å²) in [5, 5.41) is 4.55. The van der Waals surface area contributed by atoms with Crippen molar-refractivity contribution in [3.05, 3.63) is 89.5 Å². The van der Waals surface area contributed by atoms with Crippen LogP contribution in [0.15, 0.2) is 66.7 Å². The van der Waals surface area contributed by atoms with Crippen molar-refractivity contribution in [2.75, 3.05) is 17.2 Å². The van der Waals surface area contributed by atoms with Gasteiger partial charge in [-0.15, -0.1) is 0 Å². The summed E-state index contributed by atoms with van der Waals surface area (Å²) >= 11 is 0. The highest BCUT2D eigenvalue weighted by Gasteiger charge is 2.34. The van der Waals surface area contributed by atoms with E-state index in [1.807, 2.05) is 0 Å². The molecule has 0 radical (unpaired) electrons. The summed E-state index contributed by atoms with van der Waals surface area (Å²) in [6, 6.07) is 13.2. The van der Waals surface area contributed by atoms with Gasteiger partial charge in [0.15, 0.2) is 6.61 Å². The molecule has 0 fully saturated rings. The SMILES string of the molecule is O=C(COc1ccccc1C(=O)Nc1ccc(F)c(C(F)(F)F)c1)Nc1ccccc1F. The van der Waals surface area contributed by atoms with Crippen LogP contribution in [0.25, 0.3) is 0 Å². The minimum atomic E-state index is -4.93. The van der Waals surface area contributed by atoms with E-state index in [0.717, 1.165) is 12.1 Å². The average molecular weight is 450 g/mol. The summed E-state index contributed by atoms with van der Waals surface area (Å²) in [7, 11) is 0. The van der Waals surface area contributed by atoms with E-state index in [0.29, 0.717) is 12.1 Å². The lowest BCUT2D eigenvalue weighted by molar-refractivity contribution is -0.139. The maximum absolute atomic E-state index is 13.6. The van der Waals surface area contributed by atoms with E-state index < -0.39 is 41.8 Å². The fourth-order valence-corrected chi connectivity index (χ4v) is 2.69. The fourth-order valence-electron chi connectivity index (χ4n) is 2.69. The highest BCUT2D eigenvalue weighted by atomic mass is 19.4. The number of anilines is 2. The van der Waals surface area contributed by atoms with E-state index in [9.17, 15) is 31.5 Å². The number of alkyl halides is 3. The quantitative estimate of drug-likeness (QED) is 0.504. The van der Waals surface area contributed by atoms with E-state index >= 15 is 0 Å². The number of amides is 2. The van der Waals surface area contributed by atoms with Gasteiger partial charge >= 0.3 is 6.18 Å². The molecule has 3 aromatic carbocycles. The molecule has 3 rings (SSSR count). The Labute approximate surface area is 178 Å². The van der Waals surface area contributed by atoms with Crippen molar-refractivity contribution in [2.45, 2.75) is 6.18 Å². The van der Waals surface area contributed by atoms with Crippen molar-refractivity contribution < 1.29 is 36.3 Å². The second kappa shape index (κ2) is 9.46. The molecule has 3 aromatic rings. The molecule has 2 N–H and O–H groups in total. The number of carbonyl (C=O) groups is 2. The Bertz CT molecular complexity index is 1150. The molecule has 0 unspecified atom stereocenters. The van der Waals surface area contributed by atoms with Crippen molar-refractivity contribution in [2.24, 2.45) is 0 Å². The topological polar surface area (TPSA) is 67.4 Å². The lowest BCUT2D eigenvalue weighted by atomic mass is 10.1. The largest absolute Gasteiger partial charge is 0.483 e. The number of nitrogens with one attached hydrogen (secondary N) is 2. The minimum Gasteiger partial charge on any atom is -0.483 e. The van der Waals surface area contributed by atoms with Crippen LogP contribution in [0.4, 0.5) is 33.3 Å². The van der Waals surface area contributed by atoms with Gasteiger partial charge in [-0.2, -0.15) is 13.2 Å². The smallest absolute Gasteiger partial charge is 0.419 e. The maximum atomic E-state index is 13.6. The Kier molecular flexibility index (Phi) is 6.72. The van der Waals surface area contributed by atoms with E-state index in [1.165, 1.54) is 42.5 Å². The third-order valence-electron chi connectivity index (χ3n) is 4.17. The third-order valence-corrected chi connectivity index (χ3v) is 4.17. The van der Waals surface area contributed by atoms with Gasteiger partial charge in [-0.3, -0.25) is 9.59 Å². The Morgan fingerprint density at radius 2 is 1.53 bits per heavy atom. The highest BCUT2D eigenvalue weighted by Crippen LogP contribution is 2.33. The number of benzene rings is 3. The van der Waals surface area contributed by atoms with E-state index in [1.54, 1.807) is 0 Å². The van der Waals surface area contributed by atoms with Crippen molar-refractivity contribution in [3.8, 4) is 5.75 Å². The highest BCUT2D eigenvalue weighted by molar-refractivity contribution is 6.06. The van der Waals surface area contributed by atoms with Crippen LogP contribution in [-0.2, 0) is 11.0 Å². The summed E-state index contributed by atoms with van der Waals surface area (Å²) in [6.07, 6.45) is -4.93. The second-order valence-electron chi connectivity index (χ2n) is 6.46. The van der Waals surface area contributed by atoms with Crippen LogP contribution in [0.5, 0.6) is 5.75 Å². The maximum Gasteiger partial charge on any atom is 0.419 e. The van der Waals surface area contributed by atoms with Gasteiger partial charge in [0.25, 0.3) is 11.8 Å². The molecular weight excluding hydrogens is 435 g/mol. The number of hydrogen-bond donors (Lipinski definition) is 2. The van der Waals surface area contributed by atoms with Crippen LogP contribution in [0.2, 0.25) is 0 Å². The summed E-state index contributed by atoms with van der Waals surface area (Å²) in [4.78, 5) is 24.6. The minimum absolute atomic E-state index is 0.0353. The molecule has 0 aromatic heterocycles. The molecule has 0 saturated heterocycles. The normalized spacial score (nSPS) is 11.0. The number of ether oxygens (including phenoxy) is 1. The number of rotatable bonds is 6. The Morgan fingerprint density at radius 1 is 0.844 bits per heavy atom. The molecule has 32 heavy (non-hydrogen) atoms. The van der Waals surface area contributed by atoms with Crippen molar-refractivity contribution in [1.29, 1.82) is 0 Å². The van der Waals surface area contributed by atoms with Gasteiger partial charge < -0.3 is 15.4 Å². The monoisotopic (exact) mass is 450 g/mol. The lowest BCUT2D eigenvalue weighted by Crippen LogP contribution is -2.22. The number of halogens is 5. The first-order valence-electron chi connectivity index (χ1n) is 9.09. The lowest BCUT2D eigenvalue weighted by Gasteiger charge is -2.13. The number of hydrogen-bond acceptors (Lipinski definition) is 3. The summed E-state index contributed by atoms with van der Waals surface area (Å²) in [6.45, 7) is -0.562. The van der Waals surface area contributed by atoms with Crippen LogP contribution in [0.3, 0.4) is 0 Å². The summed E-state index contributed by atoms with van der Waals surface area (Å²) in [5.41, 5.74) is -1.94. The van der Waals surface area contributed by atoms with Gasteiger partial charge in [0.05, 0.1) is 16.8 Å². The van der Waals surface area contributed by atoms with Crippen LogP contribution >= 0.6 is 0 Å². The first-order chi connectivity index (χ1) is 15.1. The fraction of sp³-hybridized carbons (Fsp3) is 0.0909. The van der Waals surface area contributed by atoms with Crippen molar-refractivity contribution in [1.82, 2.24) is 0 Å². The van der Waals surface area contributed by atoms with Crippen LogP contribution in [-0.4, -0.2) is 18.4 Å². The molecule has 166 valence electrons. The van der Waals surface area contributed by atoms with Crippen LogP contribution in [0, 0.1) is 11.6 Å². The zero-order chi connectivity index (χ0) is 23.3. The van der Waals surface area contributed by atoms with Gasteiger partial charge in [-0.1, -0.05) is 24.3 Å². The zero-order valence-electron chi connectivity index (χ0n) is 16.2. The predicted octanol–water partition coefficient (Wildman–Crippen LogP) is 5.25. The molecule has 0 aliphatic heterocycles. The number of carbonyl (C=O) groups excluding carboxylic acids is 2. The van der Waals surface area contributed by atoms with Crippen molar-refractivity contribution in [3.63, 3.8) is 0 Å². The molecule has 2 amide bonds. The van der Waals surface area contributed by atoms with Gasteiger partial charge in [-0.25, -0.2) is 8.78 Å².